The van der Waals surface area contributed by atoms with Crippen LogP contribution in [0.2, 0.25) is 0 Å². The van der Waals surface area contributed by atoms with Crippen LogP contribution in [0, 0.1) is 0 Å². The Balaban J connectivity index is 1.70. The van der Waals surface area contributed by atoms with Crippen LogP contribution < -0.4 is 11.1 Å². The van der Waals surface area contributed by atoms with Crippen molar-refractivity contribution in [1.82, 2.24) is 5.32 Å². The van der Waals surface area contributed by atoms with E-state index in [-0.39, 0.29) is 37.2 Å². The molecule has 1 aliphatic rings. The van der Waals surface area contributed by atoms with Crippen LogP contribution >= 0.6 is 0 Å². The zero-order chi connectivity index (χ0) is 20.6. The molecule has 0 saturated heterocycles. The molecule has 3 atom stereocenters. The Hall–Kier alpha value is -2.63. The van der Waals surface area contributed by atoms with Gasteiger partial charge >= 0.3 is 5.97 Å². The average Bonchev–Trinajstić information content (AvgIpc) is 3.23. The molecule has 0 aromatic heterocycles. The highest BCUT2D eigenvalue weighted by Crippen LogP contribution is 2.32. The predicted octanol–water partition coefficient (Wildman–Crippen LogP) is 3.38. The van der Waals surface area contributed by atoms with E-state index in [2.05, 4.69) is 12.2 Å². The lowest BCUT2D eigenvalue weighted by Gasteiger charge is -2.32. The summed E-state index contributed by atoms with van der Waals surface area (Å²) in [5.41, 5.74) is 9.92. The van der Waals surface area contributed by atoms with Crippen molar-refractivity contribution in [2.45, 2.75) is 57.4 Å². The van der Waals surface area contributed by atoms with Crippen LogP contribution in [0.5, 0.6) is 0 Å². The lowest BCUT2D eigenvalue weighted by atomic mass is 9.81. The van der Waals surface area contributed by atoms with E-state index in [9.17, 15) is 9.90 Å². The fourth-order valence-corrected chi connectivity index (χ4v) is 4.00. The Morgan fingerprint density at radius 1 is 1.21 bits per heavy atom. The molecule has 0 spiro atoms. The third kappa shape index (κ3) is 5.25. The summed E-state index contributed by atoms with van der Waals surface area (Å²) in [5.74, 6) is -0.358. The average molecular weight is 395 g/mol. The first-order valence-electron chi connectivity index (χ1n) is 10.3. The maximum atomic E-state index is 12.5. The summed E-state index contributed by atoms with van der Waals surface area (Å²) < 4.78 is 5.46. The number of carbonyl (C=O) groups excluding carboxylic acids is 1. The van der Waals surface area contributed by atoms with E-state index in [0.717, 1.165) is 29.5 Å². The van der Waals surface area contributed by atoms with Crippen molar-refractivity contribution >= 4 is 5.97 Å². The fourth-order valence-electron chi connectivity index (χ4n) is 4.00. The molecule has 1 aliphatic heterocycles. The molecule has 5 heteroatoms. The Bertz CT molecular complexity index is 835. The Morgan fingerprint density at radius 3 is 2.66 bits per heavy atom. The lowest BCUT2D eigenvalue weighted by molar-refractivity contribution is -0.140. The molecular formula is C24H30N2O3. The Labute approximate surface area is 172 Å². The van der Waals surface area contributed by atoms with Crippen LogP contribution in [0.4, 0.5) is 0 Å². The fraction of sp³-hybridized carbons (Fsp3) is 0.375. The van der Waals surface area contributed by atoms with Crippen LogP contribution in [0.3, 0.4) is 0 Å². The number of ether oxygens (including phenoxy) is 1. The number of nitrogens with one attached hydrogen (secondary N) is 1. The molecule has 0 fully saturated rings. The van der Waals surface area contributed by atoms with Crippen molar-refractivity contribution in [3.05, 3.63) is 83.1 Å². The smallest absolute Gasteiger partial charge is 0.354 e. The predicted molar refractivity (Wildman–Crippen MR) is 114 cm³/mol. The van der Waals surface area contributed by atoms with E-state index in [1.165, 1.54) is 0 Å². The molecule has 2 aromatic carbocycles. The van der Waals surface area contributed by atoms with Crippen LogP contribution in [-0.2, 0) is 22.7 Å². The van der Waals surface area contributed by atoms with E-state index >= 15 is 0 Å². The first kappa shape index (κ1) is 21.1. The highest BCUT2D eigenvalue weighted by molar-refractivity contribution is 5.88. The van der Waals surface area contributed by atoms with Gasteiger partial charge in [0.05, 0.1) is 6.61 Å². The second kappa shape index (κ2) is 10.2. The van der Waals surface area contributed by atoms with Crippen molar-refractivity contribution in [2.75, 3.05) is 0 Å². The standard InChI is InChI=1S/C24H30N2O3/c1-2-8-20(25)23(19-12-7-6-11-18(19)15-27)21-13-14-22(26-21)24(28)29-16-17-9-4-3-5-10-17/h3-7,9-12,14,20-21,23,26-27H,2,8,13,15-16,25H2,1H3. The number of hydrogen-bond acceptors (Lipinski definition) is 5. The number of rotatable bonds is 9. The zero-order valence-corrected chi connectivity index (χ0v) is 16.9. The molecule has 29 heavy (non-hydrogen) atoms. The summed E-state index contributed by atoms with van der Waals surface area (Å²) in [5, 5.41) is 13.1. The minimum Gasteiger partial charge on any atom is -0.456 e. The molecule has 2 aromatic rings. The SMILES string of the molecule is CCCC(N)C(c1ccccc1CO)C1CC=C(C(=O)OCc2ccccc2)N1. The minimum atomic E-state index is -0.352. The first-order valence-corrected chi connectivity index (χ1v) is 10.3. The molecule has 0 saturated carbocycles. The number of aliphatic hydroxyl groups is 1. The highest BCUT2D eigenvalue weighted by Gasteiger charge is 2.34. The Morgan fingerprint density at radius 2 is 1.93 bits per heavy atom. The van der Waals surface area contributed by atoms with Crippen molar-refractivity contribution in [2.24, 2.45) is 5.73 Å². The van der Waals surface area contributed by atoms with E-state index in [1.807, 2.05) is 60.7 Å². The first-order chi connectivity index (χ1) is 14.1. The van der Waals surface area contributed by atoms with Gasteiger partial charge in [0.2, 0.25) is 0 Å². The molecule has 1 heterocycles. The second-order valence-corrected chi connectivity index (χ2v) is 7.50. The third-order valence-corrected chi connectivity index (χ3v) is 5.45. The van der Waals surface area contributed by atoms with E-state index in [1.54, 1.807) is 0 Å². The summed E-state index contributed by atoms with van der Waals surface area (Å²) in [7, 11) is 0. The summed E-state index contributed by atoms with van der Waals surface area (Å²) in [6.45, 7) is 2.33. The van der Waals surface area contributed by atoms with E-state index < -0.39 is 0 Å². The minimum absolute atomic E-state index is 0.00558. The normalized spacial score (nSPS) is 17.9. The number of hydrogen-bond donors (Lipinski definition) is 3. The van der Waals surface area contributed by atoms with Gasteiger partial charge in [0.15, 0.2) is 0 Å². The summed E-state index contributed by atoms with van der Waals surface area (Å²) >= 11 is 0. The molecular weight excluding hydrogens is 364 g/mol. The van der Waals surface area contributed by atoms with Gasteiger partial charge in [-0.1, -0.05) is 74.0 Å². The molecule has 0 aliphatic carbocycles. The summed E-state index contributed by atoms with van der Waals surface area (Å²) in [6.07, 6.45) is 4.43. The Kier molecular flexibility index (Phi) is 7.44. The second-order valence-electron chi connectivity index (χ2n) is 7.50. The topological polar surface area (TPSA) is 84.6 Å². The van der Waals surface area contributed by atoms with Crippen LogP contribution in [-0.4, -0.2) is 23.2 Å². The van der Waals surface area contributed by atoms with Gasteiger partial charge < -0.3 is 20.9 Å². The lowest BCUT2D eigenvalue weighted by Crippen LogP contribution is -2.42. The number of aliphatic hydroxyl groups excluding tert-OH is 1. The van der Waals surface area contributed by atoms with Gasteiger partial charge in [0, 0.05) is 18.0 Å². The maximum absolute atomic E-state index is 12.5. The van der Waals surface area contributed by atoms with Gasteiger partial charge in [0.1, 0.15) is 12.3 Å². The molecule has 0 bridgehead atoms. The van der Waals surface area contributed by atoms with Gasteiger partial charge in [-0.2, -0.15) is 0 Å². The van der Waals surface area contributed by atoms with Gasteiger partial charge in [-0.05, 0) is 29.5 Å². The quantitative estimate of drug-likeness (QED) is 0.568. The van der Waals surface area contributed by atoms with Crippen molar-refractivity contribution in [3.63, 3.8) is 0 Å². The van der Waals surface area contributed by atoms with Gasteiger partial charge in [-0.15, -0.1) is 0 Å². The van der Waals surface area contributed by atoms with E-state index in [4.69, 9.17) is 10.5 Å². The maximum Gasteiger partial charge on any atom is 0.354 e. The third-order valence-electron chi connectivity index (χ3n) is 5.45. The van der Waals surface area contributed by atoms with Crippen molar-refractivity contribution in [3.8, 4) is 0 Å². The molecule has 0 radical (unpaired) electrons. The van der Waals surface area contributed by atoms with Crippen molar-refractivity contribution in [1.29, 1.82) is 0 Å². The van der Waals surface area contributed by atoms with Gasteiger partial charge in [-0.3, -0.25) is 0 Å². The zero-order valence-electron chi connectivity index (χ0n) is 16.9. The molecule has 154 valence electrons. The van der Waals surface area contributed by atoms with Crippen molar-refractivity contribution < 1.29 is 14.6 Å². The van der Waals surface area contributed by atoms with Gasteiger partial charge in [-0.25, -0.2) is 4.79 Å². The molecule has 5 nitrogen and oxygen atoms in total. The van der Waals surface area contributed by atoms with Gasteiger partial charge in [0.25, 0.3) is 0 Å². The number of carbonyl (C=O) groups is 1. The number of esters is 1. The van der Waals surface area contributed by atoms with Crippen LogP contribution in [0.15, 0.2) is 66.4 Å². The molecule has 3 rings (SSSR count). The summed E-state index contributed by atoms with van der Waals surface area (Å²) in [6, 6.07) is 17.4. The van der Waals surface area contributed by atoms with Crippen LogP contribution in [0.25, 0.3) is 0 Å². The molecule has 4 N–H and O–H groups in total. The largest absolute Gasteiger partial charge is 0.456 e. The van der Waals surface area contributed by atoms with E-state index in [0.29, 0.717) is 12.1 Å². The summed E-state index contributed by atoms with van der Waals surface area (Å²) in [4.78, 5) is 12.5. The number of benzene rings is 2. The highest BCUT2D eigenvalue weighted by atomic mass is 16.5. The number of nitrogens with two attached hydrogens (primary N) is 1. The monoisotopic (exact) mass is 394 g/mol. The molecule has 0 amide bonds. The molecule has 3 unspecified atom stereocenters. The van der Waals surface area contributed by atoms with Crippen LogP contribution in [0.1, 0.15) is 48.8 Å².